The molecule has 0 radical (unpaired) electrons. The Hall–Kier alpha value is -0.530. The molecule has 2 nitrogen and oxygen atoms in total. The molecule has 2 aliphatic heterocycles. The van der Waals surface area contributed by atoms with Gasteiger partial charge in [0.05, 0.1) is 0 Å². The Labute approximate surface area is 119 Å². The highest BCUT2D eigenvalue weighted by atomic mass is 32.2. The van der Waals surface area contributed by atoms with Crippen LogP contribution in [0.3, 0.4) is 0 Å². The normalized spacial score (nSPS) is 29.7. The van der Waals surface area contributed by atoms with E-state index >= 15 is 0 Å². The maximum atomic E-state index is 12.7. The van der Waals surface area contributed by atoms with Gasteiger partial charge >= 0.3 is 6.08 Å². The van der Waals surface area contributed by atoms with Crippen molar-refractivity contribution < 1.29 is 13.2 Å². The lowest BCUT2D eigenvalue weighted by Crippen LogP contribution is -2.52. The second kappa shape index (κ2) is 5.85. The standard InChI is InChI=1S/C12H15F3N2S2/c1-12-9(4-3-6-16-12)19-11(17(12)2)18-7-5-8(13)10(14)15/h3-4,6,11,16H,5,7H2,1-2H3. The van der Waals surface area contributed by atoms with Crippen LogP contribution in [-0.4, -0.2) is 28.1 Å². The lowest BCUT2D eigenvalue weighted by atomic mass is 10.1. The number of dihydropyridines is 1. The summed E-state index contributed by atoms with van der Waals surface area (Å²) in [4.78, 5) is 3.31. The van der Waals surface area contributed by atoms with Crippen molar-refractivity contribution in [2.75, 3.05) is 12.8 Å². The summed E-state index contributed by atoms with van der Waals surface area (Å²) < 4.78 is 36.7. The van der Waals surface area contributed by atoms with E-state index in [1.807, 2.05) is 25.4 Å². The van der Waals surface area contributed by atoms with E-state index < -0.39 is 11.9 Å². The SMILES string of the molecule is CN1C(SCCC(F)=C(F)F)SC2=CC=CNC21C. The zero-order valence-corrected chi connectivity index (χ0v) is 12.3. The number of halogens is 3. The van der Waals surface area contributed by atoms with E-state index in [9.17, 15) is 13.2 Å². The van der Waals surface area contributed by atoms with Gasteiger partial charge in [-0.1, -0.05) is 11.8 Å². The van der Waals surface area contributed by atoms with Crippen LogP contribution in [0.5, 0.6) is 0 Å². The molecule has 0 aromatic rings. The second-order valence-corrected chi connectivity index (χ2v) is 7.04. The van der Waals surface area contributed by atoms with Gasteiger partial charge in [0, 0.05) is 17.1 Å². The predicted octanol–water partition coefficient (Wildman–Crippen LogP) is 3.87. The van der Waals surface area contributed by atoms with Gasteiger partial charge in [-0.05, 0) is 32.3 Å². The van der Waals surface area contributed by atoms with Gasteiger partial charge in [0.1, 0.15) is 10.4 Å². The number of hydrogen-bond donors (Lipinski definition) is 1. The van der Waals surface area contributed by atoms with Crippen molar-refractivity contribution in [1.82, 2.24) is 10.2 Å². The lowest BCUT2D eigenvalue weighted by molar-refractivity contribution is 0.189. The van der Waals surface area contributed by atoms with Crippen molar-refractivity contribution in [3.05, 3.63) is 35.2 Å². The molecule has 0 aromatic carbocycles. The first-order valence-corrected chi connectivity index (χ1v) is 7.74. The Kier molecular flexibility index (Phi) is 4.58. The predicted molar refractivity (Wildman–Crippen MR) is 75.3 cm³/mol. The summed E-state index contributed by atoms with van der Waals surface area (Å²) in [5.74, 6) is -0.970. The van der Waals surface area contributed by atoms with Gasteiger partial charge < -0.3 is 5.32 Å². The first kappa shape index (κ1) is 14.9. The summed E-state index contributed by atoms with van der Waals surface area (Å²) in [6.07, 6.45) is 3.43. The Morgan fingerprint density at radius 1 is 1.53 bits per heavy atom. The minimum absolute atomic E-state index is 0.0964. The van der Waals surface area contributed by atoms with Crippen LogP contribution in [0.15, 0.2) is 35.2 Å². The van der Waals surface area contributed by atoms with E-state index in [2.05, 4.69) is 17.1 Å². The number of nitrogens with one attached hydrogen (secondary N) is 1. The molecule has 2 unspecified atom stereocenters. The van der Waals surface area contributed by atoms with Gasteiger partial charge in [-0.2, -0.15) is 8.78 Å². The Morgan fingerprint density at radius 3 is 2.89 bits per heavy atom. The largest absolute Gasteiger partial charge is 0.369 e. The third-order valence-corrected chi connectivity index (χ3v) is 6.27. The molecule has 19 heavy (non-hydrogen) atoms. The third-order valence-electron chi connectivity index (χ3n) is 3.22. The fourth-order valence-electron chi connectivity index (χ4n) is 1.90. The molecule has 0 bridgehead atoms. The summed E-state index contributed by atoms with van der Waals surface area (Å²) in [6.45, 7) is 2.07. The summed E-state index contributed by atoms with van der Waals surface area (Å²) in [5.41, 5.74) is -0.253. The highest BCUT2D eigenvalue weighted by Crippen LogP contribution is 2.49. The zero-order valence-electron chi connectivity index (χ0n) is 10.6. The molecule has 0 spiro atoms. The van der Waals surface area contributed by atoms with Gasteiger partial charge in [-0.15, -0.1) is 11.8 Å². The maximum Gasteiger partial charge on any atom is 0.301 e. The number of nitrogens with zero attached hydrogens (tertiary/aromatic N) is 1. The van der Waals surface area contributed by atoms with Crippen LogP contribution in [0, 0.1) is 0 Å². The van der Waals surface area contributed by atoms with E-state index in [4.69, 9.17) is 0 Å². The molecule has 7 heteroatoms. The topological polar surface area (TPSA) is 15.3 Å². The molecule has 0 saturated carbocycles. The van der Waals surface area contributed by atoms with Gasteiger partial charge in [-0.3, -0.25) is 4.90 Å². The fourth-order valence-corrected chi connectivity index (χ4v) is 4.88. The number of hydrogen-bond acceptors (Lipinski definition) is 4. The van der Waals surface area contributed by atoms with E-state index in [0.29, 0.717) is 5.75 Å². The number of thioether (sulfide) groups is 2. The van der Waals surface area contributed by atoms with Crippen LogP contribution in [0.2, 0.25) is 0 Å². The minimum Gasteiger partial charge on any atom is -0.369 e. The van der Waals surface area contributed by atoms with Gasteiger partial charge in [0.2, 0.25) is 0 Å². The molecule has 2 aliphatic rings. The van der Waals surface area contributed by atoms with Crippen LogP contribution in [0.1, 0.15) is 13.3 Å². The summed E-state index contributed by atoms with van der Waals surface area (Å²) in [6, 6.07) is 0. The minimum atomic E-state index is -2.21. The average molecular weight is 308 g/mol. The monoisotopic (exact) mass is 308 g/mol. The molecule has 1 fully saturated rings. The van der Waals surface area contributed by atoms with Crippen molar-refractivity contribution in [2.45, 2.75) is 23.7 Å². The van der Waals surface area contributed by atoms with E-state index in [-0.39, 0.29) is 16.8 Å². The molecule has 1 N–H and O–H groups in total. The highest BCUT2D eigenvalue weighted by molar-refractivity contribution is 8.19. The first-order valence-electron chi connectivity index (χ1n) is 5.81. The number of likely N-dealkylation sites (N-methyl/N-ethyl adjacent to an activating group) is 1. The molecular weight excluding hydrogens is 293 g/mol. The molecule has 0 aromatic heterocycles. The zero-order chi connectivity index (χ0) is 14.0. The molecule has 2 rings (SSSR count). The summed E-state index contributed by atoms with van der Waals surface area (Å²) in [7, 11) is 1.97. The fraction of sp³-hybridized carbons (Fsp3) is 0.500. The van der Waals surface area contributed by atoms with Crippen molar-refractivity contribution in [2.24, 2.45) is 0 Å². The van der Waals surface area contributed by atoms with Crippen molar-refractivity contribution in [1.29, 1.82) is 0 Å². The van der Waals surface area contributed by atoms with Crippen molar-refractivity contribution >= 4 is 23.5 Å². The van der Waals surface area contributed by atoms with Crippen molar-refractivity contribution in [3.8, 4) is 0 Å². The van der Waals surface area contributed by atoms with Gasteiger partial charge in [0.25, 0.3) is 0 Å². The van der Waals surface area contributed by atoms with E-state index in [0.717, 1.165) is 0 Å². The van der Waals surface area contributed by atoms with Crippen molar-refractivity contribution in [3.63, 3.8) is 0 Å². The van der Waals surface area contributed by atoms with Gasteiger partial charge in [0.15, 0.2) is 5.83 Å². The Morgan fingerprint density at radius 2 is 2.26 bits per heavy atom. The maximum absolute atomic E-state index is 12.7. The van der Waals surface area contributed by atoms with Crippen LogP contribution < -0.4 is 5.32 Å². The number of fused-ring (bicyclic) bond motifs is 1. The molecule has 0 amide bonds. The van der Waals surface area contributed by atoms with Crippen LogP contribution in [0.25, 0.3) is 0 Å². The molecular formula is C12H15F3N2S2. The summed E-state index contributed by atoms with van der Waals surface area (Å²) >= 11 is 3.15. The van der Waals surface area contributed by atoms with Crippen LogP contribution >= 0.6 is 23.5 Å². The van der Waals surface area contributed by atoms with Crippen LogP contribution in [-0.2, 0) is 0 Å². The molecule has 2 heterocycles. The van der Waals surface area contributed by atoms with Gasteiger partial charge in [-0.25, -0.2) is 4.39 Å². The third kappa shape index (κ3) is 2.98. The number of allylic oxidation sites excluding steroid dienone is 3. The summed E-state index contributed by atoms with van der Waals surface area (Å²) in [5, 5.41) is 3.29. The Bertz CT molecular complexity index is 446. The molecule has 0 aliphatic carbocycles. The number of rotatable bonds is 4. The average Bonchev–Trinajstić information content (AvgIpc) is 2.62. The van der Waals surface area contributed by atoms with Crippen LogP contribution in [0.4, 0.5) is 13.2 Å². The first-order chi connectivity index (χ1) is 8.95. The molecule has 106 valence electrons. The second-order valence-electron chi connectivity index (χ2n) is 4.43. The van der Waals surface area contributed by atoms with E-state index in [1.165, 1.54) is 16.7 Å². The smallest absolute Gasteiger partial charge is 0.301 e. The van der Waals surface area contributed by atoms with E-state index in [1.54, 1.807) is 11.8 Å². The Balaban J connectivity index is 1.92. The molecule has 1 saturated heterocycles. The quantitative estimate of drug-likeness (QED) is 0.847. The highest BCUT2D eigenvalue weighted by Gasteiger charge is 2.45. The molecule has 2 atom stereocenters. The lowest BCUT2D eigenvalue weighted by Gasteiger charge is -2.36.